The molecule has 33 heavy (non-hydrogen) atoms. The summed E-state index contributed by atoms with van der Waals surface area (Å²) >= 11 is 0. The fourth-order valence-electron chi connectivity index (χ4n) is 3.00. The van der Waals surface area contributed by atoms with E-state index in [1.807, 2.05) is 26.0 Å². The Morgan fingerprint density at radius 2 is 1.64 bits per heavy atom. The Hall–Kier alpha value is -3.70. The summed E-state index contributed by atoms with van der Waals surface area (Å²) < 4.78 is 36.9. The number of nitriles is 2. The smallest absolute Gasteiger partial charge is 0.294 e. The Kier molecular flexibility index (Phi) is 9.13. The number of rotatable bonds is 7. The maximum Gasteiger partial charge on any atom is 0.294 e. The molecule has 0 spiro atoms. The molecule has 0 saturated heterocycles. The van der Waals surface area contributed by atoms with Gasteiger partial charge in [-0.2, -0.15) is 24.0 Å². The van der Waals surface area contributed by atoms with Crippen molar-refractivity contribution in [3.63, 3.8) is 0 Å². The van der Waals surface area contributed by atoms with Crippen molar-refractivity contribution in [1.82, 2.24) is 9.78 Å². The molecule has 2 N–H and O–H groups in total. The van der Waals surface area contributed by atoms with E-state index in [9.17, 15) is 8.42 Å². The fourth-order valence-corrected chi connectivity index (χ4v) is 3.51. The first-order chi connectivity index (χ1) is 15.8. The van der Waals surface area contributed by atoms with Gasteiger partial charge in [-0.3, -0.25) is 9.23 Å². The van der Waals surface area contributed by atoms with Crippen molar-refractivity contribution in [3.05, 3.63) is 71.0 Å². The molecular formula is C23H24N4O5S. The van der Waals surface area contributed by atoms with Gasteiger partial charge in [0.1, 0.15) is 11.4 Å². The first-order valence-corrected chi connectivity index (χ1v) is 11.6. The summed E-state index contributed by atoms with van der Waals surface area (Å²) in [5.74, 6) is 1.08. The lowest BCUT2D eigenvalue weighted by Crippen LogP contribution is -2.08. The minimum atomic E-state index is -4.00. The van der Waals surface area contributed by atoms with Gasteiger partial charge < -0.3 is 9.84 Å². The average Bonchev–Trinajstić information content (AvgIpc) is 3.15. The molecule has 3 rings (SSSR count). The van der Waals surface area contributed by atoms with Gasteiger partial charge in [-0.05, 0) is 43.2 Å². The van der Waals surface area contributed by atoms with Crippen molar-refractivity contribution >= 4 is 10.1 Å². The largest absolute Gasteiger partial charge is 0.453 e. The van der Waals surface area contributed by atoms with Gasteiger partial charge >= 0.3 is 0 Å². The number of benzene rings is 2. The molecular weight excluding hydrogens is 444 g/mol. The minimum Gasteiger partial charge on any atom is -0.453 e. The molecule has 3 aromatic rings. The average molecular weight is 469 g/mol. The first-order valence-electron chi connectivity index (χ1n) is 10.1. The second-order valence-electron chi connectivity index (χ2n) is 6.74. The summed E-state index contributed by atoms with van der Waals surface area (Å²) in [5, 5.41) is 31.8. The van der Waals surface area contributed by atoms with Crippen LogP contribution in [-0.2, 0) is 29.5 Å². The van der Waals surface area contributed by atoms with Crippen LogP contribution in [0, 0.1) is 22.7 Å². The molecule has 0 aliphatic heterocycles. The van der Waals surface area contributed by atoms with Gasteiger partial charge in [0, 0.05) is 0 Å². The number of nitrogens with zero attached hydrogens (tertiary/aromatic N) is 4. The highest BCUT2D eigenvalue weighted by molar-refractivity contribution is 7.85. The van der Waals surface area contributed by atoms with Crippen LogP contribution in [0.2, 0.25) is 0 Å². The van der Waals surface area contributed by atoms with E-state index in [4.69, 9.17) is 24.9 Å². The molecule has 10 heteroatoms. The van der Waals surface area contributed by atoms with Gasteiger partial charge in [0.15, 0.2) is 5.75 Å². The quantitative estimate of drug-likeness (QED) is 0.501. The Morgan fingerprint density at radius 1 is 1.03 bits per heavy atom. The van der Waals surface area contributed by atoms with Crippen LogP contribution in [-0.4, -0.2) is 34.5 Å². The Balaban J connectivity index is 0.000000321. The van der Waals surface area contributed by atoms with Gasteiger partial charge in [-0.25, -0.2) is 0 Å². The van der Waals surface area contributed by atoms with Gasteiger partial charge in [0.05, 0.1) is 47.0 Å². The fraction of sp³-hybridized carbons (Fsp3) is 0.261. The van der Waals surface area contributed by atoms with Crippen molar-refractivity contribution in [1.29, 1.82) is 10.5 Å². The van der Waals surface area contributed by atoms with Crippen LogP contribution in [0.4, 0.5) is 0 Å². The van der Waals surface area contributed by atoms with Crippen molar-refractivity contribution in [2.24, 2.45) is 0 Å². The van der Waals surface area contributed by atoms with E-state index >= 15 is 0 Å². The molecule has 0 fully saturated rings. The minimum absolute atomic E-state index is 0.000226. The highest BCUT2D eigenvalue weighted by Crippen LogP contribution is 2.31. The van der Waals surface area contributed by atoms with Gasteiger partial charge in [0.25, 0.3) is 10.1 Å². The lowest BCUT2D eigenvalue weighted by atomic mass is 10.1. The van der Waals surface area contributed by atoms with Crippen LogP contribution < -0.4 is 4.74 Å². The maximum absolute atomic E-state index is 10.4. The second-order valence-corrected chi connectivity index (χ2v) is 8.16. The number of aliphatic hydroxyl groups is 1. The van der Waals surface area contributed by atoms with Crippen LogP contribution in [0.3, 0.4) is 0 Å². The molecule has 0 radical (unpaired) electrons. The van der Waals surface area contributed by atoms with E-state index in [0.717, 1.165) is 11.4 Å². The molecule has 0 aliphatic rings. The van der Waals surface area contributed by atoms with Crippen LogP contribution in [0.1, 0.15) is 36.4 Å². The molecule has 9 nitrogen and oxygen atoms in total. The summed E-state index contributed by atoms with van der Waals surface area (Å²) in [6.45, 7) is 4.37. The normalized spacial score (nSPS) is 10.5. The van der Waals surface area contributed by atoms with Gasteiger partial charge in [0.2, 0.25) is 0 Å². The molecule has 172 valence electrons. The molecule has 2 aromatic carbocycles. The Morgan fingerprint density at radius 3 is 2.06 bits per heavy atom. The molecule has 0 amide bonds. The van der Waals surface area contributed by atoms with E-state index in [0.29, 0.717) is 42.0 Å². The molecule has 0 aliphatic carbocycles. The van der Waals surface area contributed by atoms with Crippen molar-refractivity contribution < 1.29 is 22.8 Å². The third-order valence-corrected chi connectivity index (χ3v) is 5.35. The Bertz CT molecular complexity index is 1240. The second kappa shape index (κ2) is 11.8. The van der Waals surface area contributed by atoms with E-state index in [1.165, 1.54) is 18.2 Å². The molecule has 0 atom stereocenters. The third-order valence-electron chi connectivity index (χ3n) is 4.48. The predicted octanol–water partition coefficient (Wildman–Crippen LogP) is 3.47. The molecule has 1 heterocycles. The number of hydrogen-bond donors (Lipinski definition) is 2. The molecule has 1 aromatic heterocycles. The third kappa shape index (κ3) is 6.89. The lowest BCUT2D eigenvalue weighted by Gasteiger charge is -2.09. The summed E-state index contributed by atoms with van der Waals surface area (Å²) in [6.07, 6.45) is 1.38. The number of ether oxygens (including phenoxy) is 1. The summed E-state index contributed by atoms with van der Waals surface area (Å²) in [4.78, 5) is -0.0741. The van der Waals surface area contributed by atoms with Crippen molar-refractivity contribution in [2.45, 2.75) is 38.1 Å². The summed E-state index contributed by atoms with van der Waals surface area (Å²) in [7, 11) is -4.00. The van der Waals surface area contributed by atoms with Gasteiger partial charge in [-0.1, -0.05) is 32.0 Å². The van der Waals surface area contributed by atoms with Gasteiger partial charge in [-0.15, -0.1) is 0 Å². The zero-order valence-electron chi connectivity index (χ0n) is 18.3. The predicted molar refractivity (Wildman–Crippen MR) is 120 cm³/mol. The van der Waals surface area contributed by atoms with Crippen LogP contribution in [0.25, 0.3) is 0 Å². The topological polar surface area (TPSA) is 149 Å². The Labute approximate surface area is 192 Å². The zero-order valence-corrected chi connectivity index (χ0v) is 19.1. The molecule has 0 saturated carbocycles. The lowest BCUT2D eigenvalue weighted by molar-refractivity contribution is 0.267. The monoisotopic (exact) mass is 468 g/mol. The number of aliphatic hydroxyl groups excluding tert-OH is 1. The van der Waals surface area contributed by atoms with Crippen LogP contribution >= 0.6 is 0 Å². The summed E-state index contributed by atoms with van der Waals surface area (Å²) in [6, 6.07) is 16.2. The molecule has 0 unspecified atom stereocenters. The maximum atomic E-state index is 10.4. The van der Waals surface area contributed by atoms with E-state index in [1.54, 1.807) is 35.0 Å². The number of aromatic nitrogens is 2. The van der Waals surface area contributed by atoms with E-state index in [2.05, 4.69) is 5.10 Å². The van der Waals surface area contributed by atoms with Crippen LogP contribution in [0.5, 0.6) is 11.5 Å². The highest BCUT2D eigenvalue weighted by Gasteiger charge is 2.18. The zero-order chi connectivity index (χ0) is 24.4. The number of aryl methyl sites for hydroxylation is 1. The molecule has 0 bridgehead atoms. The standard InChI is InChI=1S/C17H18N4O2.C6H6O3S/c1-3-15-17(16(4-2)21(20-15)5-6-22)23-14-8-12(10-18)7-13(9-14)11-19;7-10(8,9)6-4-2-1-3-5-6/h7-9,22H,3-6H2,1-2H3;1-5H,(H,7,8,9). The van der Waals surface area contributed by atoms with Crippen molar-refractivity contribution in [3.8, 4) is 23.6 Å². The van der Waals surface area contributed by atoms with Crippen molar-refractivity contribution in [2.75, 3.05) is 6.61 Å². The van der Waals surface area contributed by atoms with E-state index < -0.39 is 10.1 Å². The highest BCUT2D eigenvalue weighted by atomic mass is 32.2. The van der Waals surface area contributed by atoms with Crippen LogP contribution in [0.15, 0.2) is 53.4 Å². The summed E-state index contributed by atoms with van der Waals surface area (Å²) in [5.41, 5.74) is 2.42. The SMILES string of the molecule is CCc1nn(CCO)c(CC)c1Oc1cc(C#N)cc(C#N)c1.O=S(=O)(O)c1ccccc1. The first kappa shape index (κ1) is 25.6. The van der Waals surface area contributed by atoms with E-state index in [-0.39, 0.29) is 11.5 Å². The number of hydrogen-bond acceptors (Lipinski definition) is 7.